The molecule has 0 aliphatic carbocycles. The standard InChI is InChI=1S/C9H12N2O5S2/c12-7(3-6-8(13)11-9(14)17-6)10-5-1-2-18(15,16)4-5/h5-6H,1-4H2,(H,10,12)(H,11,13,14). The number of hydrogen-bond acceptors (Lipinski definition) is 6. The second-order valence-electron chi connectivity index (χ2n) is 4.25. The summed E-state index contributed by atoms with van der Waals surface area (Å²) >= 11 is 0.781. The van der Waals surface area contributed by atoms with Crippen LogP contribution in [0.4, 0.5) is 4.79 Å². The van der Waals surface area contributed by atoms with Crippen LogP contribution in [-0.4, -0.2) is 48.3 Å². The molecule has 2 aliphatic heterocycles. The molecule has 2 heterocycles. The second-order valence-corrected chi connectivity index (χ2v) is 7.66. The SMILES string of the molecule is O=C(CC1SC(=O)NC1=O)NC1CCS(=O)(=O)C1. The molecule has 0 aromatic carbocycles. The normalized spacial score (nSPS) is 30.2. The van der Waals surface area contributed by atoms with Gasteiger partial charge in [0.05, 0.1) is 11.5 Å². The fourth-order valence-corrected chi connectivity index (χ4v) is 4.38. The zero-order valence-corrected chi connectivity index (χ0v) is 11.0. The highest BCUT2D eigenvalue weighted by atomic mass is 32.2. The smallest absolute Gasteiger partial charge is 0.286 e. The van der Waals surface area contributed by atoms with E-state index in [1.807, 2.05) is 0 Å². The first-order chi connectivity index (χ1) is 8.35. The first kappa shape index (κ1) is 13.3. The summed E-state index contributed by atoms with van der Waals surface area (Å²) in [4.78, 5) is 33.7. The zero-order chi connectivity index (χ0) is 13.3. The van der Waals surface area contributed by atoms with Gasteiger partial charge in [0, 0.05) is 12.5 Å². The number of carbonyl (C=O) groups is 3. The van der Waals surface area contributed by atoms with Crippen LogP contribution >= 0.6 is 11.8 Å². The molecular weight excluding hydrogens is 280 g/mol. The Labute approximate surface area is 108 Å². The van der Waals surface area contributed by atoms with E-state index in [9.17, 15) is 22.8 Å². The predicted molar refractivity (Wildman–Crippen MR) is 64.7 cm³/mol. The number of thioether (sulfide) groups is 1. The number of amides is 3. The lowest BCUT2D eigenvalue weighted by Gasteiger charge is -2.11. The van der Waals surface area contributed by atoms with Crippen LogP contribution in [0.25, 0.3) is 0 Å². The van der Waals surface area contributed by atoms with Crippen molar-refractivity contribution in [1.82, 2.24) is 10.6 Å². The number of imide groups is 1. The molecule has 0 saturated carbocycles. The minimum atomic E-state index is -3.04. The average Bonchev–Trinajstić information content (AvgIpc) is 2.70. The lowest BCUT2D eigenvalue weighted by molar-refractivity contribution is -0.125. The van der Waals surface area contributed by atoms with Crippen LogP contribution in [0.3, 0.4) is 0 Å². The van der Waals surface area contributed by atoms with Gasteiger partial charge in [0.25, 0.3) is 5.24 Å². The molecule has 2 fully saturated rings. The van der Waals surface area contributed by atoms with E-state index in [1.54, 1.807) is 0 Å². The fourth-order valence-electron chi connectivity index (χ4n) is 1.89. The molecule has 0 aromatic rings. The summed E-state index contributed by atoms with van der Waals surface area (Å²) in [6.45, 7) is 0. The molecule has 0 bridgehead atoms. The maximum atomic E-state index is 11.6. The van der Waals surface area contributed by atoms with E-state index in [1.165, 1.54) is 0 Å². The van der Waals surface area contributed by atoms with E-state index >= 15 is 0 Å². The van der Waals surface area contributed by atoms with E-state index in [0.29, 0.717) is 6.42 Å². The van der Waals surface area contributed by atoms with Crippen molar-refractivity contribution in [1.29, 1.82) is 0 Å². The molecular formula is C9H12N2O5S2. The van der Waals surface area contributed by atoms with Gasteiger partial charge in [0.15, 0.2) is 9.84 Å². The van der Waals surface area contributed by atoms with Crippen molar-refractivity contribution >= 4 is 38.7 Å². The maximum absolute atomic E-state index is 11.6. The summed E-state index contributed by atoms with van der Waals surface area (Å²) < 4.78 is 22.4. The Morgan fingerprint density at radius 2 is 2.17 bits per heavy atom. The summed E-state index contributed by atoms with van der Waals surface area (Å²) in [6.07, 6.45) is 0.287. The fraction of sp³-hybridized carbons (Fsp3) is 0.667. The number of carbonyl (C=O) groups excluding carboxylic acids is 3. The van der Waals surface area contributed by atoms with E-state index in [4.69, 9.17) is 0 Å². The molecule has 0 aromatic heterocycles. The van der Waals surface area contributed by atoms with Crippen molar-refractivity contribution in [3.05, 3.63) is 0 Å². The quantitative estimate of drug-likeness (QED) is 0.693. The molecule has 0 radical (unpaired) electrons. The van der Waals surface area contributed by atoms with Gasteiger partial charge in [-0.25, -0.2) is 8.42 Å². The molecule has 2 N–H and O–H groups in total. The van der Waals surface area contributed by atoms with Crippen LogP contribution in [-0.2, 0) is 19.4 Å². The van der Waals surface area contributed by atoms with Crippen molar-refractivity contribution in [2.24, 2.45) is 0 Å². The molecule has 3 amide bonds. The first-order valence-corrected chi connectivity index (χ1v) is 8.07. The van der Waals surface area contributed by atoms with Crippen molar-refractivity contribution < 1.29 is 22.8 Å². The van der Waals surface area contributed by atoms with E-state index in [2.05, 4.69) is 10.6 Å². The van der Waals surface area contributed by atoms with Gasteiger partial charge in [-0.3, -0.25) is 19.7 Å². The Balaban J connectivity index is 1.83. The lowest BCUT2D eigenvalue weighted by atomic mass is 10.2. The lowest BCUT2D eigenvalue weighted by Crippen LogP contribution is -2.38. The van der Waals surface area contributed by atoms with Gasteiger partial charge in [0.2, 0.25) is 11.8 Å². The summed E-state index contributed by atoms with van der Waals surface area (Å²) in [5.74, 6) is -0.852. The summed E-state index contributed by atoms with van der Waals surface area (Å²) in [5.41, 5.74) is 0. The van der Waals surface area contributed by atoms with E-state index < -0.39 is 32.1 Å². The Kier molecular flexibility index (Phi) is 3.62. The Bertz CT molecular complexity index is 501. The molecule has 2 saturated heterocycles. The Morgan fingerprint density at radius 1 is 1.44 bits per heavy atom. The number of hydrogen-bond donors (Lipinski definition) is 2. The number of nitrogens with one attached hydrogen (secondary N) is 2. The van der Waals surface area contributed by atoms with Crippen molar-refractivity contribution in [3.63, 3.8) is 0 Å². The second kappa shape index (κ2) is 4.88. The largest absolute Gasteiger partial charge is 0.352 e. The Hall–Kier alpha value is -1.09. The van der Waals surface area contributed by atoms with Crippen LogP contribution in [0.2, 0.25) is 0 Å². The molecule has 2 rings (SSSR count). The molecule has 0 spiro atoms. The van der Waals surface area contributed by atoms with Gasteiger partial charge in [-0.2, -0.15) is 0 Å². The molecule has 9 heteroatoms. The van der Waals surface area contributed by atoms with Crippen molar-refractivity contribution in [2.75, 3.05) is 11.5 Å². The molecule has 18 heavy (non-hydrogen) atoms. The van der Waals surface area contributed by atoms with Gasteiger partial charge in [-0.05, 0) is 6.42 Å². The average molecular weight is 292 g/mol. The topological polar surface area (TPSA) is 109 Å². The third-order valence-corrected chi connectivity index (χ3v) is 5.48. The number of sulfone groups is 1. The predicted octanol–water partition coefficient (Wildman–Crippen LogP) is -0.969. The van der Waals surface area contributed by atoms with E-state index in [-0.39, 0.29) is 24.0 Å². The highest BCUT2D eigenvalue weighted by Crippen LogP contribution is 2.22. The van der Waals surface area contributed by atoms with Crippen molar-refractivity contribution in [2.45, 2.75) is 24.1 Å². The zero-order valence-electron chi connectivity index (χ0n) is 9.34. The Morgan fingerprint density at radius 3 is 2.67 bits per heavy atom. The summed E-state index contributed by atoms with van der Waals surface area (Å²) in [5, 5.41) is 3.49. The summed E-state index contributed by atoms with van der Waals surface area (Å²) in [7, 11) is -3.04. The van der Waals surface area contributed by atoms with Crippen LogP contribution in [0.15, 0.2) is 0 Å². The van der Waals surface area contributed by atoms with Crippen LogP contribution < -0.4 is 10.6 Å². The molecule has 7 nitrogen and oxygen atoms in total. The van der Waals surface area contributed by atoms with Crippen LogP contribution in [0, 0.1) is 0 Å². The molecule has 2 atom stereocenters. The summed E-state index contributed by atoms with van der Waals surface area (Å²) in [6, 6.07) is -0.382. The minimum Gasteiger partial charge on any atom is -0.352 e. The highest BCUT2D eigenvalue weighted by Gasteiger charge is 2.35. The highest BCUT2D eigenvalue weighted by molar-refractivity contribution is 8.15. The monoisotopic (exact) mass is 292 g/mol. The van der Waals surface area contributed by atoms with Gasteiger partial charge in [-0.1, -0.05) is 11.8 Å². The first-order valence-electron chi connectivity index (χ1n) is 5.37. The maximum Gasteiger partial charge on any atom is 0.286 e. The van der Waals surface area contributed by atoms with Crippen molar-refractivity contribution in [3.8, 4) is 0 Å². The third-order valence-electron chi connectivity index (χ3n) is 2.74. The molecule has 2 unspecified atom stereocenters. The molecule has 2 aliphatic rings. The van der Waals surface area contributed by atoms with Gasteiger partial charge < -0.3 is 5.32 Å². The minimum absolute atomic E-state index is 0.0539. The van der Waals surface area contributed by atoms with Crippen LogP contribution in [0.1, 0.15) is 12.8 Å². The third kappa shape index (κ3) is 3.22. The van der Waals surface area contributed by atoms with E-state index in [0.717, 1.165) is 11.8 Å². The van der Waals surface area contributed by atoms with Gasteiger partial charge >= 0.3 is 0 Å². The number of rotatable bonds is 3. The van der Waals surface area contributed by atoms with Gasteiger partial charge in [0.1, 0.15) is 5.25 Å². The van der Waals surface area contributed by atoms with Crippen LogP contribution in [0.5, 0.6) is 0 Å². The van der Waals surface area contributed by atoms with Gasteiger partial charge in [-0.15, -0.1) is 0 Å². The molecule has 100 valence electrons.